The van der Waals surface area contributed by atoms with Crippen molar-refractivity contribution < 1.29 is 23.0 Å². The molecule has 1 fully saturated rings. The number of nitrogens with zero attached hydrogens (tertiary/aromatic N) is 4. The van der Waals surface area contributed by atoms with Gasteiger partial charge in [0.15, 0.2) is 0 Å². The number of carbonyl (C=O) groups excluding carboxylic acids is 1. The highest BCUT2D eigenvalue weighted by Gasteiger charge is 2.41. The van der Waals surface area contributed by atoms with E-state index in [9.17, 15) is 14.4 Å². The maximum atomic E-state index is 16.0. The number of halogens is 2. The van der Waals surface area contributed by atoms with Crippen LogP contribution in [0.3, 0.4) is 0 Å². The zero-order valence-corrected chi connectivity index (χ0v) is 18.6. The van der Waals surface area contributed by atoms with Gasteiger partial charge in [-0.15, -0.1) is 0 Å². The number of ether oxygens (including phenoxy) is 2. The van der Waals surface area contributed by atoms with Gasteiger partial charge in [0.1, 0.15) is 23.3 Å². The Kier molecular flexibility index (Phi) is 5.54. The third-order valence-electron chi connectivity index (χ3n) is 6.42. The van der Waals surface area contributed by atoms with Crippen molar-refractivity contribution in [3.8, 4) is 17.5 Å². The monoisotopic (exact) mass is 464 g/mol. The first-order valence-electron chi connectivity index (χ1n) is 10.9. The van der Waals surface area contributed by atoms with E-state index >= 15 is 4.39 Å². The van der Waals surface area contributed by atoms with Crippen molar-refractivity contribution in [2.24, 2.45) is 0 Å². The van der Waals surface area contributed by atoms with E-state index in [0.717, 1.165) is 5.56 Å². The molecular formula is C25H22F2N4O3. The number of methoxy groups -OCH3 is 1. The van der Waals surface area contributed by atoms with Crippen LogP contribution in [0.2, 0.25) is 0 Å². The number of alkyl halides is 1. The van der Waals surface area contributed by atoms with Gasteiger partial charge in [-0.05, 0) is 30.3 Å². The first-order valence-corrected chi connectivity index (χ1v) is 10.9. The van der Waals surface area contributed by atoms with E-state index in [1.54, 1.807) is 27.9 Å². The van der Waals surface area contributed by atoms with Gasteiger partial charge in [0, 0.05) is 49.9 Å². The van der Waals surface area contributed by atoms with Crippen molar-refractivity contribution in [1.29, 1.82) is 5.26 Å². The molecule has 0 atom stereocenters. The molecule has 2 aliphatic heterocycles. The van der Waals surface area contributed by atoms with E-state index in [1.807, 2.05) is 6.07 Å². The number of hydrogen-bond acceptors (Lipinski definition) is 5. The molecule has 1 amide bonds. The van der Waals surface area contributed by atoms with E-state index in [1.165, 1.54) is 31.4 Å². The fraction of sp³-hybridized carbons (Fsp3) is 0.320. The van der Waals surface area contributed by atoms with Gasteiger partial charge in [0.05, 0.1) is 36.2 Å². The average Bonchev–Trinajstić information content (AvgIpc) is 3.43. The Labute approximate surface area is 195 Å². The van der Waals surface area contributed by atoms with Gasteiger partial charge < -0.3 is 14.4 Å². The highest BCUT2D eigenvalue weighted by Crippen LogP contribution is 2.43. The minimum absolute atomic E-state index is 0.0718. The molecule has 0 saturated carbocycles. The lowest BCUT2D eigenvalue weighted by atomic mass is 9.83. The molecule has 7 nitrogen and oxygen atoms in total. The zero-order valence-electron chi connectivity index (χ0n) is 18.6. The summed E-state index contributed by atoms with van der Waals surface area (Å²) in [4.78, 5) is 15.3. The highest BCUT2D eigenvalue weighted by atomic mass is 19.1. The largest absolute Gasteiger partial charge is 0.495 e. The molecule has 3 aromatic rings. The van der Waals surface area contributed by atoms with E-state index in [2.05, 4.69) is 5.10 Å². The van der Waals surface area contributed by atoms with Crippen LogP contribution in [-0.2, 0) is 23.5 Å². The quantitative estimate of drug-likeness (QED) is 0.583. The topological polar surface area (TPSA) is 80.4 Å². The van der Waals surface area contributed by atoms with Crippen LogP contribution in [0, 0.1) is 17.1 Å². The lowest BCUT2D eigenvalue weighted by Gasteiger charge is -2.32. The number of carbonyl (C=O) groups is 1. The zero-order chi connectivity index (χ0) is 23.9. The predicted octanol–water partition coefficient (Wildman–Crippen LogP) is 4.02. The Morgan fingerprint density at radius 1 is 1.18 bits per heavy atom. The van der Waals surface area contributed by atoms with Crippen LogP contribution >= 0.6 is 0 Å². The molecular weight excluding hydrogens is 442 g/mol. The van der Waals surface area contributed by atoms with Crippen LogP contribution in [0.1, 0.15) is 45.6 Å². The van der Waals surface area contributed by atoms with Crippen molar-refractivity contribution in [1.82, 2.24) is 14.7 Å². The molecule has 5 rings (SSSR count). The van der Waals surface area contributed by atoms with Crippen molar-refractivity contribution in [3.63, 3.8) is 0 Å². The van der Waals surface area contributed by atoms with Crippen LogP contribution in [0.15, 0.2) is 42.6 Å². The molecule has 2 aliphatic rings. The number of rotatable bonds is 4. The summed E-state index contributed by atoms with van der Waals surface area (Å²) in [7, 11) is 1.37. The molecule has 9 heteroatoms. The minimum atomic E-state index is -1.75. The fourth-order valence-corrected chi connectivity index (χ4v) is 4.61. The summed E-state index contributed by atoms with van der Waals surface area (Å²) >= 11 is 0. The first-order chi connectivity index (χ1) is 16.4. The SMILES string of the molecule is COc1c(C#N)ccc(C2(F)CCOCC2)c1C(=O)N1Cc2cn(-c3ccc(F)cc3)nc2C1. The van der Waals surface area contributed by atoms with Gasteiger partial charge in [0.2, 0.25) is 0 Å². The van der Waals surface area contributed by atoms with Gasteiger partial charge in [-0.25, -0.2) is 13.5 Å². The summed E-state index contributed by atoms with van der Waals surface area (Å²) in [6.07, 6.45) is 2.04. The molecule has 2 aromatic carbocycles. The normalized spacial score (nSPS) is 16.7. The summed E-state index contributed by atoms with van der Waals surface area (Å²) in [5.74, 6) is -0.673. The van der Waals surface area contributed by atoms with Crippen molar-refractivity contribution in [3.05, 3.63) is 76.4 Å². The molecule has 0 bridgehead atoms. The standard InChI is InChI=1S/C25H22F2N4O3/c1-33-23-16(12-28)2-7-20(25(27)8-10-34-11-9-25)22(23)24(32)30-13-17-14-31(29-21(17)15-30)19-5-3-18(26)4-6-19/h2-7,14H,8-11,13,15H2,1H3. The number of nitriles is 1. The molecule has 34 heavy (non-hydrogen) atoms. The van der Waals surface area contributed by atoms with Crippen molar-refractivity contribution in [2.75, 3.05) is 20.3 Å². The van der Waals surface area contributed by atoms with E-state index in [4.69, 9.17) is 9.47 Å². The maximum absolute atomic E-state index is 16.0. The molecule has 0 unspecified atom stereocenters. The molecule has 3 heterocycles. The lowest BCUT2D eigenvalue weighted by Crippen LogP contribution is -2.34. The van der Waals surface area contributed by atoms with E-state index in [-0.39, 0.29) is 67.4 Å². The summed E-state index contributed by atoms with van der Waals surface area (Å²) < 4.78 is 41.7. The van der Waals surface area contributed by atoms with Gasteiger partial charge in [-0.2, -0.15) is 10.4 Å². The molecule has 0 radical (unpaired) electrons. The van der Waals surface area contributed by atoms with E-state index in [0.29, 0.717) is 11.4 Å². The number of hydrogen-bond donors (Lipinski definition) is 0. The van der Waals surface area contributed by atoms with Gasteiger partial charge in [-0.3, -0.25) is 4.79 Å². The Morgan fingerprint density at radius 3 is 2.56 bits per heavy atom. The van der Waals surface area contributed by atoms with Crippen LogP contribution < -0.4 is 4.74 Å². The minimum Gasteiger partial charge on any atom is -0.495 e. The molecule has 0 N–H and O–H groups in total. The number of amides is 1. The fourth-order valence-electron chi connectivity index (χ4n) is 4.61. The van der Waals surface area contributed by atoms with Gasteiger partial charge in [-0.1, -0.05) is 6.07 Å². The summed E-state index contributed by atoms with van der Waals surface area (Å²) in [6.45, 7) is 0.999. The van der Waals surface area contributed by atoms with Crippen LogP contribution in [-0.4, -0.2) is 40.9 Å². The predicted molar refractivity (Wildman–Crippen MR) is 118 cm³/mol. The molecule has 1 saturated heterocycles. The van der Waals surface area contributed by atoms with Crippen LogP contribution in [0.4, 0.5) is 8.78 Å². The second kappa shape index (κ2) is 8.54. The Morgan fingerprint density at radius 2 is 1.91 bits per heavy atom. The Hall–Kier alpha value is -3.77. The van der Waals surface area contributed by atoms with Crippen LogP contribution in [0.25, 0.3) is 5.69 Å². The first kappa shape index (κ1) is 22.0. The van der Waals surface area contributed by atoms with Gasteiger partial charge >= 0.3 is 0 Å². The molecule has 0 aliphatic carbocycles. The van der Waals surface area contributed by atoms with Crippen molar-refractivity contribution >= 4 is 5.91 Å². The molecule has 1 aromatic heterocycles. The Bertz CT molecular complexity index is 1270. The Balaban J connectivity index is 1.48. The number of fused-ring (bicyclic) bond motifs is 1. The van der Waals surface area contributed by atoms with Crippen LogP contribution in [0.5, 0.6) is 5.75 Å². The smallest absolute Gasteiger partial charge is 0.258 e. The van der Waals surface area contributed by atoms with Gasteiger partial charge in [0.25, 0.3) is 5.91 Å². The number of aromatic nitrogens is 2. The third kappa shape index (κ3) is 3.70. The molecule has 0 spiro atoms. The van der Waals surface area contributed by atoms with E-state index < -0.39 is 11.6 Å². The second-order valence-corrected chi connectivity index (χ2v) is 8.44. The third-order valence-corrected chi connectivity index (χ3v) is 6.42. The summed E-state index contributed by atoms with van der Waals surface area (Å²) in [5, 5.41) is 14.1. The summed E-state index contributed by atoms with van der Waals surface area (Å²) in [5.41, 5.74) is 0.962. The second-order valence-electron chi connectivity index (χ2n) is 8.44. The summed E-state index contributed by atoms with van der Waals surface area (Å²) in [6, 6.07) is 11.0. The average molecular weight is 464 g/mol. The maximum Gasteiger partial charge on any atom is 0.258 e. The highest BCUT2D eigenvalue weighted by molar-refractivity contribution is 6.00. The number of benzene rings is 2. The van der Waals surface area contributed by atoms with Crippen molar-refractivity contribution in [2.45, 2.75) is 31.6 Å². The molecule has 174 valence electrons. The lowest BCUT2D eigenvalue weighted by molar-refractivity contribution is -0.0122.